The zero-order chi connectivity index (χ0) is 12.6. The smallest absolute Gasteiger partial charge is 0.254 e. The maximum atomic E-state index is 13.2. The van der Waals surface area contributed by atoms with E-state index in [1.165, 1.54) is 23.0 Å². The van der Waals surface area contributed by atoms with E-state index in [1.807, 2.05) is 0 Å². The normalized spacial score (nSPS) is 10.5. The number of nitrogen functional groups attached to an aromatic ring is 1. The molecule has 88 valence electrons. The quantitative estimate of drug-likeness (QED) is 0.812. The van der Waals surface area contributed by atoms with E-state index in [2.05, 4.69) is 5.10 Å². The highest BCUT2D eigenvalue weighted by Gasteiger charge is 2.14. The molecular formula is C11H11FN4O. The predicted octanol–water partition coefficient (Wildman–Crippen LogP) is 1.00. The molecule has 6 heteroatoms. The Morgan fingerprint density at radius 1 is 1.47 bits per heavy atom. The summed E-state index contributed by atoms with van der Waals surface area (Å²) < 4.78 is 14.4. The van der Waals surface area contributed by atoms with Gasteiger partial charge in [-0.1, -0.05) is 6.07 Å². The van der Waals surface area contributed by atoms with E-state index in [1.54, 1.807) is 13.0 Å². The third-order valence-corrected chi connectivity index (χ3v) is 2.47. The molecule has 4 N–H and O–H groups in total. The summed E-state index contributed by atoms with van der Waals surface area (Å²) in [6.45, 7) is 1.79. The van der Waals surface area contributed by atoms with Gasteiger partial charge >= 0.3 is 0 Å². The lowest BCUT2D eigenvalue weighted by Crippen LogP contribution is -2.13. The molecule has 0 bridgehead atoms. The molecule has 1 aromatic carbocycles. The number of rotatable bonds is 2. The molecule has 2 rings (SSSR count). The van der Waals surface area contributed by atoms with Crippen LogP contribution in [0.2, 0.25) is 0 Å². The van der Waals surface area contributed by atoms with E-state index in [-0.39, 0.29) is 11.4 Å². The van der Waals surface area contributed by atoms with Gasteiger partial charge in [-0.3, -0.25) is 4.79 Å². The summed E-state index contributed by atoms with van der Waals surface area (Å²) in [5.74, 6) is -0.963. The lowest BCUT2D eigenvalue weighted by Gasteiger charge is -2.08. The fourth-order valence-electron chi connectivity index (χ4n) is 1.55. The Balaban J connectivity index is 2.61. The van der Waals surface area contributed by atoms with Gasteiger partial charge < -0.3 is 11.5 Å². The Bertz CT molecular complexity index is 591. The summed E-state index contributed by atoms with van der Waals surface area (Å²) in [5, 5.41) is 3.93. The SMILES string of the molecule is Cc1ccc(F)cc1-n1ncc(C(N)=O)c1N. The Morgan fingerprint density at radius 2 is 2.18 bits per heavy atom. The second-order valence-corrected chi connectivity index (χ2v) is 3.65. The molecule has 1 amide bonds. The molecular weight excluding hydrogens is 223 g/mol. The van der Waals surface area contributed by atoms with E-state index < -0.39 is 11.7 Å². The van der Waals surface area contributed by atoms with Gasteiger partial charge in [-0.05, 0) is 24.6 Å². The van der Waals surface area contributed by atoms with Gasteiger partial charge in [0, 0.05) is 0 Å². The summed E-state index contributed by atoms with van der Waals surface area (Å²) in [7, 11) is 0. The Kier molecular flexibility index (Phi) is 2.55. The molecule has 17 heavy (non-hydrogen) atoms. The topological polar surface area (TPSA) is 86.9 Å². The van der Waals surface area contributed by atoms with Crippen LogP contribution in [-0.4, -0.2) is 15.7 Å². The number of aromatic nitrogens is 2. The Hall–Kier alpha value is -2.37. The lowest BCUT2D eigenvalue weighted by molar-refractivity contribution is 0.100. The molecule has 1 aromatic heterocycles. The monoisotopic (exact) mass is 234 g/mol. The first kappa shape index (κ1) is 11.1. The first-order valence-corrected chi connectivity index (χ1v) is 4.90. The number of amides is 1. The highest BCUT2D eigenvalue weighted by Crippen LogP contribution is 2.20. The molecule has 0 spiro atoms. The fourth-order valence-corrected chi connectivity index (χ4v) is 1.55. The summed E-state index contributed by atoms with van der Waals surface area (Å²) >= 11 is 0. The number of primary amides is 1. The third-order valence-electron chi connectivity index (χ3n) is 2.47. The number of benzene rings is 1. The van der Waals surface area contributed by atoms with Crippen molar-refractivity contribution in [3.63, 3.8) is 0 Å². The summed E-state index contributed by atoms with van der Waals surface area (Å²) in [6.07, 6.45) is 1.27. The maximum Gasteiger partial charge on any atom is 0.254 e. The minimum Gasteiger partial charge on any atom is -0.383 e. The van der Waals surface area contributed by atoms with Gasteiger partial charge in [0.25, 0.3) is 5.91 Å². The van der Waals surface area contributed by atoms with Crippen LogP contribution in [-0.2, 0) is 0 Å². The number of carbonyl (C=O) groups excluding carboxylic acids is 1. The molecule has 0 aliphatic rings. The second-order valence-electron chi connectivity index (χ2n) is 3.65. The van der Waals surface area contributed by atoms with Crippen LogP contribution in [0.4, 0.5) is 10.2 Å². The Labute approximate surface area is 96.8 Å². The van der Waals surface area contributed by atoms with E-state index >= 15 is 0 Å². The van der Waals surface area contributed by atoms with Crippen molar-refractivity contribution < 1.29 is 9.18 Å². The standard InChI is InChI=1S/C11H11FN4O/c1-6-2-3-7(12)4-9(6)16-10(13)8(5-15-16)11(14)17/h2-5H,13H2,1H3,(H2,14,17). The molecule has 5 nitrogen and oxygen atoms in total. The minimum atomic E-state index is -0.664. The summed E-state index contributed by atoms with van der Waals surface area (Å²) in [4.78, 5) is 11.0. The number of carbonyl (C=O) groups is 1. The van der Waals surface area contributed by atoms with Crippen LogP contribution >= 0.6 is 0 Å². The zero-order valence-corrected chi connectivity index (χ0v) is 9.14. The number of hydrogen-bond acceptors (Lipinski definition) is 3. The van der Waals surface area contributed by atoms with Crippen molar-refractivity contribution in [2.24, 2.45) is 5.73 Å². The van der Waals surface area contributed by atoms with Crippen molar-refractivity contribution in [3.05, 3.63) is 41.3 Å². The van der Waals surface area contributed by atoms with Crippen LogP contribution in [0.5, 0.6) is 0 Å². The van der Waals surface area contributed by atoms with Crippen LogP contribution in [0, 0.1) is 12.7 Å². The minimum absolute atomic E-state index is 0.103. The fraction of sp³-hybridized carbons (Fsp3) is 0.0909. The first-order chi connectivity index (χ1) is 8.00. The van der Waals surface area contributed by atoms with E-state index in [4.69, 9.17) is 11.5 Å². The van der Waals surface area contributed by atoms with Crippen molar-refractivity contribution in [1.29, 1.82) is 0 Å². The number of halogens is 1. The maximum absolute atomic E-state index is 13.2. The average molecular weight is 234 g/mol. The first-order valence-electron chi connectivity index (χ1n) is 4.90. The van der Waals surface area contributed by atoms with Crippen molar-refractivity contribution in [1.82, 2.24) is 9.78 Å². The molecule has 1 heterocycles. The van der Waals surface area contributed by atoms with E-state index in [0.717, 1.165) is 5.56 Å². The van der Waals surface area contributed by atoms with Crippen molar-refractivity contribution in [2.45, 2.75) is 6.92 Å². The van der Waals surface area contributed by atoms with Gasteiger partial charge in [-0.2, -0.15) is 5.10 Å². The van der Waals surface area contributed by atoms with Gasteiger partial charge in [-0.25, -0.2) is 9.07 Å². The van der Waals surface area contributed by atoms with E-state index in [9.17, 15) is 9.18 Å². The number of nitrogens with two attached hydrogens (primary N) is 2. The average Bonchev–Trinajstić information content (AvgIpc) is 2.64. The van der Waals surface area contributed by atoms with Gasteiger partial charge in [0.05, 0.1) is 11.9 Å². The van der Waals surface area contributed by atoms with Gasteiger partial charge in [0.15, 0.2) is 0 Å². The van der Waals surface area contributed by atoms with Gasteiger partial charge in [0.2, 0.25) is 0 Å². The lowest BCUT2D eigenvalue weighted by atomic mass is 10.2. The summed E-state index contributed by atoms with van der Waals surface area (Å²) in [6, 6.07) is 4.24. The predicted molar refractivity (Wildman–Crippen MR) is 61.2 cm³/mol. The van der Waals surface area contributed by atoms with E-state index in [0.29, 0.717) is 5.69 Å². The number of hydrogen-bond donors (Lipinski definition) is 2. The molecule has 0 fully saturated rings. The third kappa shape index (κ3) is 1.84. The number of anilines is 1. The van der Waals surface area contributed by atoms with Crippen molar-refractivity contribution in [3.8, 4) is 5.69 Å². The molecule has 2 aromatic rings. The Morgan fingerprint density at radius 3 is 2.76 bits per heavy atom. The van der Waals surface area contributed by atoms with Crippen LogP contribution in [0.1, 0.15) is 15.9 Å². The highest BCUT2D eigenvalue weighted by atomic mass is 19.1. The molecule has 0 saturated heterocycles. The molecule has 0 unspecified atom stereocenters. The second kappa shape index (κ2) is 3.89. The van der Waals surface area contributed by atoms with Crippen LogP contribution in [0.3, 0.4) is 0 Å². The van der Waals surface area contributed by atoms with Crippen molar-refractivity contribution >= 4 is 11.7 Å². The largest absolute Gasteiger partial charge is 0.383 e. The number of aryl methyl sites for hydroxylation is 1. The van der Waals surface area contributed by atoms with Crippen LogP contribution in [0.25, 0.3) is 5.69 Å². The molecule has 0 aliphatic carbocycles. The van der Waals surface area contributed by atoms with Crippen LogP contribution in [0.15, 0.2) is 24.4 Å². The van der Waals surface area contributed by atoms with Gasteiger partial charge in [-0.15, -0.1) is 0 Å². The molecule has 0 radical (unpaired) electrons. The van der Waals surface area contributed by atoms with Crippen molar-refractivity contribution in [2.75, 3.05) is 5.73 Å². The number of nitrogens with zero attached hydrogens (tertiary/aromatic N) is 2. The highest BCUT2D eigenvalue weighted by molar-refractivity contribution is 5.97. The van der Waals surface area contributed by atoms with Crippen LogP contribution < -0.4 is 11.5 Å². The molecule has 0 saturated carbocycles. The molecule has 0 aliphatic heterocycles. The van der Waals surface area contributed by atoms with Gasteiger partial charge in [0.1, 0.15) is 17.2 Å². The zero-order valence-electron chi connectivity index (χ0n) is 9.14. The summed E-state index contributed by atoms with van der Waals surface area (Å²) in [5.41, 5.74) is 12.2. The molecule has 0 atom stereocenters.